The molecule has 1 amide bonds. The van der Waals surface area contributed by atoms with Gasteiger partial charge in [0.15, 0.2) is 6.61 Å². The summed E-state index contributed by atoms with van der Waals surface area (Å²) in [5.74, 6) is 0.429. The lowest BCUT2D eigenvalue weighted by molar-refractivity contribution is -0.133. The predicted octanol–water partition coefficient (Wildman–Crippen LogP) is 3.14. The molecule has 1 aromatic carbocycles. The van der Waals surface area contributed by atoms with Gasteiger partial charge in [-0.2, -0.15) is 0 Å². The van der Waals surface area contributed by atoms with Crippen molar-refractivity contribution in [3.8, 4) is 5.75 Å². The number of hydrogen-bond donors (Lipinski definition) is 1. The summed E-state index contributed by atoms with van der Waals surface area (Å²) >= 11 is 11.7. The van der Waals surface area contributed by atoms with Crippen LogP contribution in [0.25, 0.3) is 0 Å². The summed E-state index contributed by atoms with van der Waals surface area (Å²) in [5.41, 5.74) is -0.681. The third-order valence-corrected chi connectivity index (χ3v) is 4.41. The number of rotatable bonds is 3. The van der Waals surface area contributed by atoms with E-state index in [1.165, 1.54) is 0 Å². The minimum atomic E-state index is -0.681. The van der Waals surface area contributed by atoms with Crippen molar-refractivity contribution in [2.75, 3.05) is 19.7 Å². The van der Waals surface area contributed by atoms with Crippen molar-refractivity contribution in [3.05, 3.63) is 28.2 Å². The van der Waals surface area contributed by atoms with Crippen LogP contribution in [0, 0.1) is 0 Å². The Morgan fingerprint density at radius 3 is 2.81 bits per heavy atom. The standard InChI is InChI=1S/C15H19Cl2NO3/c1-15(20)5-2-7-18(8-6-15)14(19)10-21-11-3-4-12(16)13(17)9-11/h3-4,9,20H,2,5-8,10H2,1H3. The molecule has 1 saturated heterocycles. The first-order chi connectivity index (χ1) is 9.87. The van der Waals surface area contributed by atoms with Crippen molar-refractivity contribution in [3.63, 3.8) is 0 Å². The lowest BCUT2D eigenvalue weighted by Crippen LogP contribution is -2.36. The summed E-state index contributed by atoms with van der Waals surface area (Å²) in [5, 5.41) is 10.9. The molecule has 116 valence electrons. The molecule has 1 aliphatic rings. The van der Waals surface area contributed by atoms with Gasteiger partial charge in [-0.3, -0.25) is 4.79 Å². The number of carbonyl (C=O) groups excluding carboxylic acids is 1. The maximum absolute atomic E-state index is 12.1. The highest BCUT2D eigenvalue weighted by Gasteiger charge is 2.27. The molecule has 1 unspecified atom stereocenters. The Hall–Kier alpha value is -0.970. The Morgan fingerprint density at radius 1 is 1.33 bits per heavy atom. The lowest BCUT2D eigenvalue weighted by atomic mass is 9.98. The highest BCUT2D eigenvalue weighted by Crippen LogP contribution is 2.26. The van der Waals surface area contributed by atoms with Crippen LogP contribution in [0.15, 0.2) is 18.2 Å². The second-order valence-corrected chi connectivity index (χ2v) is 6.41. The molecule has 0 radical (unpaired) electrons. The van der Waals surface area contributed by atoms with Gasteiger partial charge in [-0.15, -0.1) is 0 Å². The molecule has 2 rings (SSSR count). The van der Waals surface area contributed by atoms with E-state index in [1.807, 2.05) is 6.92 Å². The topological polar surface area (TPSA) is 49.8 Å². The number of amides is 1. The number of hydrogen-bond acceptors (Lipinski definition) is 3. The first-order valence-corrected chi connectivity index (χ1v) is 7.71. The average Bonchev–Trinajstić information content (AvgIpc) is 2.61. The van der Waals surface area contributed by atoms with Gasteiger partial charge in [-0.25, -0.2) is 0 Å². The summed E-state index contributed by atoms with van der Waals surface area (Å²) in [7, 11) is 0. The summed E-state index contributed by atoms with van der Waals surface area (Å²) in [4.78, 5) is 13.9. The number of benzene rings is 1. The third kappa shape index (κ3) is 4.77. The van der Waals surface area contributed by atoms with Gasteiger partial charge in [-0.1, -0.05) is 23.2 Å². The zero-order chi connectivity index (χ0) is 15.5. The van der Waals surface area contributed by atoms with Crippen LogP contribution in [0.2, 0.25) is 10.0 Å². The van der Waals surface area contributed by atoms with Gasteiger partial charge in [0, 0.05) is 19.2 Å². The second-order valence-electron chi connectivity index (χ2n) is 5.60. The van der Waals surface area contributed by atoms with Gasteiger partial charge in [0.1, 0.15) is 5.75 Å². The Balaban J connectivity index is 1.88. The summed E-state index contributed by atoms with van der Waals surface area (Å²) in [6.45, 7) is 2.98. The highest BCUT2D eigenvalue weighted by molar-refractivity contribution is 6.42. The molecule has 6 heteroatoms. The van der Waals surface area contributed by atoms with Gasteiger partial charge in [0.25, 0.3) is 5.91 Å². The SMILES string of the molecule is CC1(O)CCCN(C(=O)COc2ccc(Cl)c(Cl)c2)CC1. The quantitative estimate of drug-likeness (QED) is 0.925. The normalized spacial score (nSPS) is 22.8. The van der Waals surface area contributed by atoms with Crippen molar-refractivity contribution in [1.29, 1.82) is 0 Å². The summed E-state index contributed by atoms with van der Waals surface area (Å²) in [6, 6.07) is 4.89. The average molecular weight is 332 g/mol. The van der Waals surface area contributed by atoms with E-state index in [4.69, 9.17) is 27.9 Å². The summed E-state index contributed by atoms with van der Waals surface area (Å²) < 4.78 is 5.45. The van der Waals surface area contributed by atoms with Gasteiger partial charge < -0.3 is 14.7 Å². The predicted molar refractivity (Wildman–Crippen MR) is 83.0 cm³/mol. The number of halogens is 2. The maximum atomic E-state index is 12.1. The monoisotopic (exact) mass is 331 g/mol. The zero-order valence-electron chi connectivity index (χ0n) is 11.9. The van der Waals surface area contributed by atoms with E-state index in [0.717, 1.165) is 6.42 Å². The van der Waals surface area contributed by atoms with Gasteiger partial charge in [-0.05, 0) is 38.3 Å². The number of carbonyl (C=O) groups is 1. The van der Waals surface area contributed by atoms with Crippen molar-refractivity contribution in [1.82, 2.24) is 4.90 Å². The van der Waals surface area contributed by atoms with Crippen LogP contribution in [0.1, 0.15) is 26.2 Å². The van der Waals surface area contributed by atoms with Gasteiger partial charge in [0.05, 0.1) is 15.6 Å². The fourth-order valence-corrected chi connectivity index (χ4v) is 2.60. The van der Waals surface area contributed by atoms with E-state index in [0.29, 0.717) is 41.7 Å². The number of likely N-dealkylation sites (tertiary alicyclic amines) is 1. The van der Waals surface area contributed by atoms with E-state index >= 15 is 0 Å². The van der Waals surface area contributed by atoms with Crippen molar-refractivity contribution < 1.29 is 14.6 Å². The molecule has 0 spiro atoms. The van der Waals surface area contributed by atoms with Crippen molar-refractivity contribution in [2.45, 2.75) is 31.8 Å². The Labute approximate surface area is 134 Å². The molecule has 1 heterocycles. The molecule has 0 aliphatic carbocycles. The fraction of sp³-hybridized carbons (Fsp3) is 0.533. The van der Waals surface area contributed by atoms with Crippen molar-refractivity contribution >= 4 is 29.1 Å². The largest absolute Gasteiger partial charge is 0.484 e. The van der Waals surface area contributed by atoms with Crippen LogP contribution in [-0.2, 0) is 4.79 Å². The molecule has 1 aromatic rings. The molecule has 1 fully saturated rings. The smallest absolute Gasteiger partial charge is 0.260 e. The highest BCUT2D eigenvalue weighted by atomic mass is 35.5. The van der Waals surface area contributed by atoms with Crippen LogP contribution >= 0.6 is 23.2 Å². The van der Waals surface area contributed by atoms with Crippen LogP contribution < -0.4 is 4.74 Å². The molecular weight excluding hydrogens is 313 g/mol. The van der Waals surface area contributed by atoms with Crippen LogP contribution in [0.5, 0.6) is 5.75 Å². The first-order valence-electron chi connectivity index (χ1n) is 6.95. The zero-order valence-corrected chi connectivity index (χ0v) is 13.5. The molecule has 1 atom stereocenters. The molecule has 0 saturated carbocycles. The Morgan fingerprint density at radius 2 is 2.10 bits per heavy atom. The molecule has 1 aliphatic heterocycles. The molecule has 1 N–H and O–H groups in total. The van der Waals surface area contributed by atoms with Crippen LogP contribution in [-0.4, -0.2) is 41.2 Å². The van der Waals surface area contributed by atoms with E-state index in [9.17, 15) is 9.90 Å². The van der Waals surface area contributed by atoms with E-state index < -0.39 is 5.60 Å². The van der Waals surface area contributed by atoms with E-state index in [1.54, 1.807) is 23.1 Å². The molecule has 0 aromatic heterocycles. The fourth-order valence-electron chi connectivity index (χ4n) is 2.32. The van der Waals surface area contributed by atoms with E-state index in [-0.39, 0.29) is 12.5 Å². The molecular formula is C15H19Cl2NO3. The number of nitrogens with zero attached hydrogens (tertiary/aromatic N) is 1. The minimum absolute atomic E-state index is 0.0416. The van der Waals surface area contributed by atoms with Crippen LogP contribution in [0.3, 0.4) is 0 Å². The lowest BCUT2D eigenvalue weighted by Gasteiger charge is -2.22. The Bertz CT molecular complexity index is 520. The van der Waals surface area contributed by atoms with Crippen LogP contribution in [0.4, 0.5) is 0 Å². The number of ether oxygens (including phenoxy) is 1. The minimum Gasteiger partial charge on any atom is -0.484 e. The summed E-state index contributed by atoms with van der Waals surface area (Å²) in [6.07, 6.45) is 2.10. The Kier molecular flexibility index (Phi) is 5.36. The van der Waals surface area contributed by atoms with E-state index in [2.05, 4.69) is 0 Å². The van der Waals surface area contributed by atoms with Crippen molar-refractivity contribution in [2.24, 2.45) is 0 Å². The molecule has 4 nitrogen and oxygen atoms in total. The number of aliphatic hydroxyl groups is 1. The maximum Gasteiger partial charge on any atom is 0.260 e. The third-order valence-electron chi connectivity index (χ3n) is 3.67. The first kappa shape index (κ1) is 16.4. The molecule has 21 heavy (non-hydrogen) atoms. The van der Waals surface area contributed by atoms with Gasteiger partial charge in [0.2, 0.25) is 0 Å². The van der Waals surface area contributed by atoms with Gasteiger partial charge >= 0.3 is 0 Å². The second kappa shape index (κ2) is 6.86. The molecule has 0 bridgehead atoms.